The van der Waals surface area contributed by atoms with Gasteiger partial charge in [0.05, 0.1) is 12.7 Å². The maximum absolute atomic E-state index is 14.1. The summed E-state index contributed by atoms with van der Waals surface area (Å²) in [5.41, 5.74) is 0.0185. The SMILES string of the molecule is CCN(C1CCCC1)S(=O)(=O)c1cc(C(=O)OC)ccc1F. The van der Waals surface area contributed by atoms with Crippen molar-refractivity contribution in [2.45, 2.75) is 43.5 Å². The highest BCUT2D eigenvalue weighted by Crippen LogP contribution is 2.29. The molecule has 1 aliphatic carbocycles. The summed E-state index contributed by atoms with van der Waals surface area (Å²) in [6, 6.07) is 3.15. The predicted molar refractivity (Wildman–Crippen MR) is 79.6 cm³/mol. The Kier molecular flexibility index (Phi) is 5.18. The number of rotatable bonds is 5. The Morgan fingerprint density at radius 3 is 2.55 bits per heavy atom. The van der Waals surface area contributed by atoms with Crippen LogP contribution in [-0.2, 0) is 14.8 Å². The summed E-state index contributed by atoms with van der Waals surface area (Å²) < 4.78 is 45.5. The van der Waals surface area contributed by atoms with Gasteiger partial charge in [-0.1, -0.05) is 19.8 Å². The zero-order chi connectivity index (χ0) is 16.3. The number of halogens is 1. The summed E-state index contributed by atoms with van der Waals surface area (Å²) in [5.74, 6) is -1.55. The molecular weight excluding hydrogens is 309 g/mol. The van der Waals surface area contributed by atoms with E-state index in [-0.39, 0.29) is 18.2 Å². The molecule has 0 spiro atoms. The lowest BCUT2D eigenvalue weighted by atomic mass is 10.2. The van der Waals surface area contributed by atoms with E-state index < -0.39 is 26.7 Å². The van der Waals surface area contributed by atoms with E-state index in [1.807, 2.05) is 0 Å². The van der Waals surface area contributed by atoms with Crippen molar-refractivity contribution in [3.63, 3.8) is 0 Å². The first-order chi connectivity index (χ1) is 10.4. The summed E-state index contributed by atoms with van der Waals surface area (Å²) in [5, 5.41) is 0. The molecular formula is C15H20FNO4S. The van der Waals surface area contributed by atoms with E-state index in [1.54, 1.807) is 6.92 Å². The van der Waals surface area contributed by atoms with Crippen molar-refractivity contribution < 1.29 is 22.3 Å². The Bertz CT molecular complexity index is 654. The molecule has 0 atom stereocenters. The van der Waals surface area contributed by atoms with Crippen LogP contribution < -0.4 is 0 Å². The lowest BCUT2D eigenvalue weighted by Crippen LogP contribution is -2.39. The molecule has 1 aromatic rings. The van der Waals surface area contributed by atoms with Gasteiger partial charge in [0, 0.05) is 12.6 Å². The fourth-order valence-electron chi connectivity index (χ4n) is 2.89. The summed E-state index contributed by atoms with van der Waals surface area (Å²) in [6.45, 7) is 2.01. The number of ether oxygens (including phenoxy) is 1. The molecule has 1 saturated carbocycles. The van der Waals surface area contributed by atoms with Crippen LogP contribution in [-0.4, -0.2) is 38.4 Å². The summed E-state index contributed by atoms with van der Waals surface area (Å²) in [4.78, 5) is 11.1. The van der Waals surface area contributed by atoms with Crippen molar-refractivity contribution in [3.8, 4) is 0 Å². The van der Waals surface area contributed by atoms with Crippen LogP contribution in [0.4, 0.5) is 4.39 Å². The van der Waals surface area contributed by atoms with Gasteiger partial charge in [-0.25, -0.2) is 17.6 Å². The first-order valence-corrected chi connectivity index (χ1v) is 8.75. The highest BCUT2D eigenvalue weighted by Gasteiger charge is 2.34. The molecule has 1 aromatic carbocycles. The molecule has 1 fully saturated rings. The molecule has 0 amide bonds. The zero-order valence-electron chi connectivity index (χ0n) is 12.7. The molecule has 0 radical (unpaired) electrons. The molecule has 0 heterocycles. The third-order valence-electron chi connectivity index (χ3n) is 3.98. The highest BCUT2D eigenvalue weighted by atomic mass is 32.2. The van der Waals surface area contributed by atoms with Gasteiger partial charge in [-0.05, 0) is 31.0 Å². The second-order valence-corrected chi connectivity index (χ2v) is 7.14. The fraction of sp³-hybridized carbons (Fsp3) is 0.533. The van der Waals surface area contributed by atoms with Crippen molar-refractivity contribution >= 4 is 16.0 Å². The molecule has 1 aliphatic rings. The van der Waals surface area contributed by atoms with Crippen LogP contribution in [0.25, 0.3) is 0 Å². The lowest BCUT2D eigenvalue weighted by Gasteiger charge is -2.27. The zero-order valence-corrected chi connectivity index (χ0v) is 13.5. The van der Waals surface area contributed by atoms with E-state index in [2.05, 4.69) is 4.74 Å². The molecule has 122 valence electrons. The molecule has 0 saturated heterocycles. The molecule has 2 rings (SSSR count). The summed E-state index contributed by atoms with van der Waals surface area (Å²) in [7, 11) is -2.79. The molecule has 22 heavy (non-hydrogen) atoms. The van der Waals surface area contributed by atoms with Gasteiger partial charge in [0.25, 0.3) is 0 Å². The number of carbonyl (C=O) groups is 1. The van der Waals surface area contributed by atoms with Crippen LogP contribution in [0.3, 0.4) is 0 Å². The number of nitrogens with zero attached hydrogens (tertiary/aromatic N) is 1. The topological polar surface area (TPSA) is 63.7 Å². The summed E-state index contributed by atoms with van der Waals surface area (Å²) in [6.07, 6.45) is 3.51. The highest BCUT2D eigenvalue weighted by molar-refractivity contribution is 7.89. The molecule has 5 nitrogen and oxygen atoms in total. The third-order valence-corrected chi connectivity index (χ3v) is 6.03. The molecule has 0 N–H and O–H groups in total. The van der Waals surface area contributed by atoms with E-state index in [4.69, 9.17) is 0 Å². The summed E-state index contributed by atoms with van der Waals surface area (Å²) >= 11 is 0. The molecule has 0 aliphatic heterocycles. The Labute approximate surface area is 130 Å². The maximum Gasteiger partial charge on any atom is 0.337 e. The van der Waals surface area contributed by atoms with Gasteiger partial charge in [0.2, 0.25) is 10.0 Å². The van der Waals surface area contributed by atoms with Gasteiger partial charge < -0.3 is 4.74 Å². The van der Waals surface area contributed by atoms with Crippen LogP contribution in [0.1, 0.15) is 43.0 Å². The molecule has 0 unspecified atom stereocenters. The van der Waals surface area contributed by atoms with Crippen LogP contribution in [0.15, 0.2) is 23.1 Å². The molecule has 0 bridgehead atoms. The Morgan fingerprint density at radius 2 is 2.00 bits per heavy atom. The van der Waals surface area contributed by atoms with Crippen molar-refractivity contribution in [2.24, 2.45) is 0 Å². The minimum Gasteiger partial charge on any atom is -0.465 e. The fourth-order valence-corrected chi connectivity index (χ4v) is 4.68. The normalized spacial score (nSPS) is 16.2. The van der Waals surface area contributed by atoms with Gasteiger partial charge >= 0.3 is 5.97 Å². The minimum absolute atomic E-state index is 0.0185. The number of methoxy groups -OCH3 is 1. The maximum atomic E-state index is 14.1. The third kappa shape index (κ3) is 3.15. The van der Waals surface area contributed by atoms with Crippen molar-refractivity contribution in [1.29, 1.82) is 0 Å². The quantitative estimate of drug-likeness (QED) is 0.779. The first-order valence-electron chi connectivity index (χ1n) is 7.31. The standard InChI is InChI=1S/C15H20FNO4S/c1-3-17(12-6-4-5-7-12)22(19,20)14-10-11(15(18)21-2)8-9-13(14)16/h8-10,12H,3-7H2,1-2H3. The number of carbonyl (C=O) groups excluding carboxylic acids is 1. The average molecular weight is 329 g/mol. The smallest absolute Gasteiger partial charge is 0.337 e. The van der Waals surface area contributed by atoms with Crippen molar-refractivity contribution in [2.75, 3.05) is 13.7 Å². The van der Waals surface area contributed by atoms with E-state index in [0.29, 0.717) is 0 Å². The second kappa shape index (κ2) is 6.75. The minimum atomic E-state index is -3.98. The van der Waals surface area contributed by atoms with Crippen LogP contribution in [0.5, 0.6) is 0 Å². The molecule has 7 heteroatoms. The van der Waals surface area contributed by atoms with E-state index in [1.165, 1.54) is 17.5 Å². The Hall–Kier alpha value is -1.47. The first kappa shape index (κ1) is 16.9. The number of esters is 1. The van der Waals surface area contributed by atoms with Gasteiger partial charge in [0.15, 0.2) is 0 Å². The van der Waals surface area contributed by atoms with Gasteiger partial charge in [-0.2, -0.15) is 4.31 Å². The van der Waals surface area contributed by atoms with Crippen LogP contribution >= 0.6 is 0 Å². The van der Waals surface area contributed by atoms with E-state index >= 15 is 0 Å². The Balaban J connectivity index is 2.45. The predicted octanol–water partition coefficient (Wildman–Crippen LogP) is 2.57. The van der Waals surface area contributed by atoms with Crippen LogP contribution in [0, 0.1) is 5.82 Å². The van der Waals surface area contributed by atoms with Crippen LogP contribution in [0.2, 0.25) is 0 Å². The van der Waals surface area contributed by atoms with Crippen molar-refractivity contribution in [1.82, 2.24) is 4.31 Å². The van der Waals surface area contributed by atoms with Gasteiger partial charge in [0.1, 0.15) is 10.7 Å². The number of hydrogen-bond donors (Lipinski definition) is 0. The van der Waals surface area contributed by atoms with Gasteiger partial charge in [-0.3, -0.25) is 0 Å². The number of sulfonamides is 1. The Morgan fingerprint density at radius 1 is 1.36 bits per heavy atom. The number of benzene rings is 1. The van der Waals surface area contributed by atoms with E-state index in [9.17, 15) is 17.6 Å². The van der Waals surface area contributed by atoms with Crippen molar-refractivity contribution in [3.05, 3.63) is 29.6 Å². The van der Waals surface area contributed by atoms with E-state index in [0.717, 1.165) is 37.8 Å². The number of hydrogen-bond acceptors (Lipinski definition) is 4. The molecule has 0 aromatic heterocycles. The second-order valence-electron chi connectivity index (χ2n) is 5.28. The van der Waals surface area contributed by atoms with Gasteiger partial charge in [-0.15, -0.1) is 0 Å². The average Bonchev–Trinajstić information content (AvgIpc) is 3.01. The largest absolute Gasteiger partial charge is 0.465 e. The lowest BCUT2D eigenvalue weighted by molar-refractivity contribution is 0.0600. The monoisotopic (exact) mass is 329 g/mol.